The molecule has 3 rings (SSSR count). The lowest BCUT2D eigenvalue weighted by Crippen LogP contribution is -2.00. The molecule has 0 amide bonds. The first-order valence-electron chi connectivity index (χ1n) is 8.69. The molecule has 0 bridgehead atoms. The van der Waals surface area contributed by atoms with Crippen LogP contribution in [0.2, 0.25) is 0 Å². The minimum Gasteiger partial charge on any atom is -0.439 e. The van der Waals surface area contributed by atoms with Gasteiger partial charge in [0, 0.05) is 25.0 Å². The van der Waals surface area contributed by atoms with Gasteiger partial charge in [0.15, 0.2) is 0 Å². The Morgan fingerprint density at radius 1 is 0.920 bits per heavy atom. The summed E-state index contributed by atoms with van der Waals surface area (Å²) in [5, 5.41) is 3.33. The number of hydrogen-bond donors (Lipinski definition) is 1. The summed E-state index contributed by atoms with van der Waals surface area (Å²) < 4.78 is 5.81. The molecule has 3 aromatic rings. The third-order valence-corrected chi connectivity index (χ3v) is 3.95. The first kappa shape index (κ1) is 17.0. The molecule has 4 heteroatoms. The van der Waals surface area contributed by atoms with Crippen molar-refractivity contribution in [1.82, 2.24) is 9.97 Å². The fraction of sp³-hybridized carbons (Fsp3) is 0.238. The van der Waals surface area contributed by atoms with Gasteiger partial charge in [0.05, 0.1) is 11.9 Å². The quantitative estimate of drug-likeness (QED) is 0.613. The lowest BCUT2D eigenvalue weighted by Gasteiger charge is -2.08. The summed E-state index contributed by atoms with van der Waals surface area (Å²) in [5.41, 5.74) is 3.48. The number of pyridine rings is 2. The van der Waals surface area contributed by atoms with Gasteiger partial charge in [-0.3, -0.25) is 4.98 Å². The van der Waals surface area contributed by atoms with E-state index in [-0.39, 0.29) is 0 Å². The molecule has 0 saturated carbocycles. The van der Waals surface area contributed by atoms with E-state index < -0.39 is 0 Å². The first-order valence-corrected chi connectivity index (χ1v) is 8.69. The third kappa shape index (κ3) is 5.31. The van der Waals surface area contributed by atoms with Crippen molar-refractivity contribution in [1.29, 1.82) is 0 Å². The summed E-state index contributed by atoms with van der Waals surface area (Å²) in [5.74, 6) is 1.40. The average molecular weight is 333 g/mol. The van der Waals surface area contributed by atoms with Crippen molar-refractivity contribution < 1.29 is 4.74 Å². The lowest BCUT2D eigenvalue weighted by atomic mass is 10.1. The van der Waals surface area contributed by atoms with Crippen molar-refractivity contribution in [3.63, 3.8) is 0 Å². The minimum absolute atomic E-state index is 0.593. The van der Waals surface area contributed by atoms with Gasteiger partial charge in [0.2, 0.25) is 5.88 Å². The second-order valence-electron chi connectivity index (χ2n) is 5.94. The largest absolute Gasteiger partial charge is 0.439 e. The van der Waals surface area contributed by atoms with Crippen LogP contribution in [-0.2, 0) is 13.0 Å². The second-order valence-corrected chi connectivity index (χ2v) is 5.94. The topological polar surface area (TPSA) is 47.0 Å². The van der Waals surface area contributed by atoms with E-state index in [1.165, 1.54) is 24.0 Å². The monoisotopic (exact) mass is 333 g/mol. The molecule has 0 aliphatic carbocycles. The Morgan fingerprint density at radius 3 is 2.40 bits per heavy atom. The molecule has 0 radical (unpaired) electrons. The zero-order chi connectivity index (χ0) is 17.3. The molecular weight excluding hydrogens is 310 g/mol. The van der Waals surface area contributed by atoms with Crippen molar-refractivity contribution in [2.45, 2.75) is 32.7 Å². The van der Waals surface area contributed by atoms with E-state index in [0.717, 1.165) is 24.4 Å². The second kappa shape index (κ2) is 8.83. The molecule has 1 aromatic carbocycles. The van der Waals surface area contributed by atoms with E-state index in [9.17, 15) is 0 Å². The molecule has 4 nitrogen and oxygen atoms in total. The van der Waals surface area contributed by atoms with Crippen molar-refractivity contribution in [3.8, 4) is 11.6 Å². The summed E-state index contributed by atoms with van der Waals surface area (Å²) in [6, 6.07) is 16.1. The Kier molecular flexibility index (Phi) is 5.99. The van der Waals surface area contributed by atoms with Gasteiger partial charge in [-0.25, -0.2) is 4.98 Å². The van der Waals surface area contributed by atoms with E-state index in [1.807, 2.05) is 36.4 Å². The van der Waals surface area contributed by atoms with Gasteiger partial charge in [-0.05, 0) is 54.3 Å². The van der Waals surface area contributed by atoms with Crippen LogP contribution in [0.5, 0.6) is 11.6 Å². The van der Waals surface area contributed by atoms with Gasteiger partial charge in [-0.1, -0.05) is 25.5 Å². The van der Waals surface area contributed by atoms with E-state index in [0.29, 0.717) is 5.88 Å². The molecule has 0 aliphatic heterocycles. The van der Waals surface area contributed by atoms with E-state index in [1.54, 1.807) is 18.6 Å². The van der Waals surface area contributed by atoms with E-state index in [2.05, 4.69) is 34.3 Å². The highest BCUT2D eigenvalue weighted by molar-refractivity contribution is 5.43. The normalized spacial score (nSPS) is 10.4. The molecule has 2 heterocycles. The van der Waals surface area contributed by atoms with Gasteiger partial charge in [-0.2, -0.15) is 0 Å². The maximum atomic E-state index is 5.81. The zero-order valence-electron chi connectivity index (χ0n) is 14.5. The summed E-state index contributed by atoms with van der Waals surface area (Å²) >= 11 is 0. The lowest BCUT2D eigenvalue weighted by molar-refractivity contribution is 0.463. The Bertz CT molecular complexity index is 755. The number of nitrogens with one attached hydrogen (secondary N) is 1. The fourth-order valence-electron chi connectivity index (χ4n) is 2.48. The summed E-state index contributed by atoms with van der Waals surface area (Å²) in [4.78, 5) is 8.38. The van der Waals surface area contributed by atoms with Gasteiger partial charge in [0.1, 0.15) is 5.75 Å². The highest BCUT2D eigenvalue weighted by atomic mass is 16.5. The third-order valence-electron chi connectivity index (χ3n) is 3.95. The number of benzene rings is 1. The minimum atomic E-state index is 0.593. The number of hydrogen-bond acceptors (Lipinski definition) is 4. The Hall–Kier alpha value is -2.88. The number of anilines is 1. The van der Waals surface area contributed by atoms with Crippen LogP contribution in [0.1, 0.15) is 30.9 Å². The number of unbranched alkanes of at least 4 members (excludes halogenated alkanes) is 1. The van der Waals surface area contributed by atoms with E-state index in [4.69, 9.17) is 4.74 Å². The Balaban J connectivity index is 1.53. The number of rotatable bonds is 8. The summed E-state index contributed by atoms with van der Waals surface area (Å²) in [7, 11) is 0. The molecule has 1 N–H and O–H groups in total. The van der Waals surface area contributed by atoms with Crippen LogP contribution in [0.25, 0.3) is 0 Å². The van der Waals surface area contributed by atoms with Gasteiger partial charge >= 0.3 is 0 Å². The van der Waals surface area contributed by atoms with Gasteiger partial charge < -0.3 is 10.1 Å². The molecule has 0 unspecified atom stereocenters. The molecule has 0 aliphatic rings. The molecule has 128 valence electrons. The maximum absolute atomic E-state index is 5.81. The predicted octanol–water partition coefficient (Wildman–Crippen LogP) is 5.22. The summed E-state index contributed by atoms with van der Waals surface area (Å²) in [6.45, 7) is 2.95. The first-order chi connectivity index (χ1) is 12.3. The van der Waals surface area contributed by atoms with E-state index >= 15 is 0 Å². The molecule has 25 heavy (non-hydrogen) atoms. The summed E-state index contributed by atoms with van der Waals surface area (Å²) in [6.07, 6.45) is 8.91. The molecule has 2 aromatic heterocycles. The molecule has 0 atom stereocenters. The van der Waals surface area contributed by atoms with Crippen LogP contribution in [-0.4, -0.2) is 9.97 Å². The molecular formula is C21H23N3O. The van der Waals surface area contributed by atoms with Crippen molar-refractivity contribution >= 4 is 5.69 Å². The SMILES string of the molecule is CCCCc1ccc(Oc2ccc(NCc3ccncc3)cn2)cc1. The standard InChI is InChI=1S/C21H23N3O/c1-2-3-4-17-5-8-20(9-6-17)25-21-10-7-19(16-24-21)23-15-18-11-13-22-14-12-18/h5-14,16,23H,2-4,15H2,1H3. The van der Waals surface area contributed by atoms with Crippen LogP contribution >= 0.6 is 0 Å². The smallest absolute Gasteiger partial charge is 0.219 e. The molecule has 0 fully saturated rings. The van der Waals surface area contributed by atoms with Gasteiger partial charge in [0.25, 0.3) is 0 Å². The number of aryl methyl sites for hydroxylation is 1. The van der Waals surface area contributed by atoms with Crippen LogP contribution in [0.4, 0.5) is 5.69 Å². The number of ether oxygens (including phenoxy) is 1. The van der Waals surface area contributed by atoms with Crippen LogP contribution in [0, 0.1) is 0 Å². The molecule has 0 saturated heterocycles. The number of nitrogens with zero attached hydrogens (tertiary/aromatic N) is 2. The van der Waals surface area contributed by atoms with Crippen molar-refractivity contribution in [2.75, 3.05) is 5.32 Å². The average Bonchev–Trinajstić information content (AvgIpc) is 2.68. The molecule has 0 spiro atoms. The Morgan fingerprint density at radius 2 is 1.72 bits per heavy atom. The maximum Gasteiger partial charge on any atom is 0.219 e. The van der Waals surface area contributed by atoms with Crippen LogP contribution < -0.4 is 10.1 Å². The van der Waals surface area contributed by atoms with Crippen LogP contribution in [0.3, 0.4) is 0 Å². The van der Waals surface area contributed by atoms with Crippen molar-refractivity contribution in [3.05, 3.63) is 78.2 Å². The van der Waals surface area contributed by atoms with Gasteiger partial charge in [-0.15, -0.1) is 0 Å². The predicted molar refractivity (Wildman–Crippen MR) is 101 cm³/mol. The Labute approximate surface area is 148 Å². The van der Waals surface area contributed by atoms with Crippen molar-refractivity contribution in [2.24, 2.45) is 0 Å². The number of aromatic nitrogens is 2. The fourth-order valence-corrected chi connectivity index (χ4v) is 2.48. The highest BCUT2D eigenvalue weighted by Crippen LogP contribution is 2.21. The zero-order valence-corrected chi connectivity index (χ0v) is 14.5. The highest BCUT2D eigenvalue weighted by Gasteiger charge is 2.01. The van der Waals surface area contributed by atoms with Crippen LogP contribution in [0.15, 0.2) is 67.1 Å².